The molecule has 0 aliphatic carbocycles. The quantitative estimate of drug-likeness (QED) is 0.0321. The topological polar surface area (TPSA) is 95.9 Å². The lowest BCUT2D eigenvalue weighted by atomic mass is 10.0. The number of hydrogen-bond acceptors (Lipinski definition) is 5. The Hall–Kier alpha value is -1.92. The van der Waals surface area contributed by atoms with Crippen LogP contribution in [0, 0.1) is 0 Å². The molecule has 1 amide bonds. The van der Waals surface area contributed by atoms with Gasteiger partial charge in [0.15, 0.2) is 0 Å². The van der Waals surface area contributed by atoms with Crippen LogP contribution in [0.15, 0.2) is 36.5 Å². The molecule has 0 radical (unpaired) electrons. The van der Waals surface area contributed by atoms with E-state index in [1.807, 2.05) is 0 Å². The van der Waals surface area contributed by atoms with Crippen molar-refractivity contribution in [2.24, 2.45) is 0 Å². The molecule has 3 N–H and O–H groups in total. The molecular formula is C56H105NO5. The van der Waals surface area contributed by atoms with Gasteiger partial charge < -0.3 is 20.3 Å². The first-order chi connectivity index (χ1) is 30.5. The molecule has 0 saturated carbocycles. The number of aliphatic hydroxyl groups excluding tert-OH is 2. The predicted molar refractivity (Wildman–Crippen MR) is 269 cm³/mol. The van der Waals surface area contributed by atoms with Crippen molar-refractivity contribution in [2.75, 3.05) is 13.2 Å². The van der Waals surface area contributed by atoms with E-state index in [1.165, 1.54) is 173 Å². The Kier molecular flexibility index (Phi) is 50.1. The molecule has 0 aromatic rings. The Bertz CT molecular complexity index is 1010. The van der Waals surface area contributed by atoms with Gasteiger partial charge in [-0.3, -0.25) is 9.59 Å². The van der Waals surface area contributed by atoms with Crippen LogP contribution in [0.5, 0.6) is 0 Å². The number of allylic oxidation sites excluding steroid dienone is 6. The largest absolute Gasteiger partial charge is 0.466 e. The zero-order valence-electron chi connectivity index (χ0n) is 41.4. The fraction of sp³-hybridized carbons (Fsp3) is 0.857. The highest BCUT2D eigenvalue weighted by molar-refractivity contribution is 5.76. The SMILES string of the molecule is CCCCCC/C=C\C/C=C\CCCCCCCCCC(=O)OCCCCCC/C=C\CCCC(=O)NC(CO)C(O)CCCCCCCCCCCCCCCCCCCC. The number of rotatable bonds is 50. The molecule has 364 valence electrons. The molecule has 0 aliphatic heterocycles. The Morgan fingerprint density at radius 1 is 0.452 bits per heavy atom. The van der Waals surface area contributed by atoms with Crippen LogP contribution in [0.3, 0.4) is 0 Å². The van der Waals surface area contributed by atoms with Gasteiger partial charge in [-0.15, -0.1) is 0 Å². The number of nitrogens with one attached hydrogen (secondary N) is 1. The summed E-state index contributed by atoms with van der Waals surface area (Å²) in [7, 11) is 0. The second-order valence-corrected chi connectivity index (χ2v) is 18.6. The van der Waals surface area contributed by atoms with Gasteiger partial charge in [-0.2, -0.15) is 0 Å². The number of ether oxygens (including phenoxy) is 1. The third-order valence-electron chi connectivity index (χ3n) is 12.4. The average molecular weight is 872 g/mol. The van der Waals surface area contributed by atoms with Crippen LogP contribution in [0.4, 0.5) is 0 Å². The number of aliphatic hydroxyl groups is 2. The predicted octanol–water partition coefficient (Wildman–Crippen LogP) is 16.5. The van der Waals surface area contributed by atoms with Gasteiger partial charge >= 0.3 is 5.97 Å². The van der Waals surface area contributed by atoms with Crippen LogP contribution < -0.4 is 5.32 Å². The van der Waals surface area contributed by atoms with Crippen LogP contribution in [0.2, 0.25) is 0 Å². The Morgan fingerprint density at radius 3 is 1.29 bits per heavy atom. The molecule has 0 aromatic carbocycles. The first kappa shape index (κ1) is 60.1. The maximum absolute atomic E-state index is 12.4. The van der Waals surface area contributed by atoms with Crippen molar-refractivity contribution in [2.45, 2.75) is 296 Å². The van der Waals surface area contributed by atoms with E-state index in [9.17, 15) is 19.8 Å². The summed E-state index contributed by atoms with van der Waals surface area (Å²) in [5.41, 5.74) is 0. The standard InChI is InChI=1S/C56H105NO5/c1-3-5-7-9-11-13-15-17-19-21-23-25-27-29-32-36-40-44-48-54(59)53(52-58)57-55(60)49-45-41-37-33-31-35-39-43-47-51-62-56(61)50-46-42-38-34-30-28-26-24-22-20-18-16-14-12-10-8-6-4-2/h14,16,20,22,33,37,53-54,58-59H,3-13,15,17-19,21,23-32,34-36,38-52H2,1-2H3,(H,57,60)/b16-14-,22-20-,37-33-. The zero-order valence-corrected chi connectivity index (χ0v) is 41.4. The number of hydrogen-bond donors (Lipinski definition) is 3. The van der Waals surface area contributed by atoms with Crippen molar-refractivity contribution in [1.82, 2.24) is 5.32 Å². The molecule has 0 fully saturated rings. The summed E-state index contributed by atoms with van der Waals surface area (Å²) in [6.45, 7) is 4.85. The highest BCUT2D eigenvalue weighted by Crippen LogP contribution is 2.16. The molecule has 62 heavy (non-hydrogen) atoms. The normalized spacial score (nSPS) is 12.9. The van der Waals surface area contributed by atoms with Crippen LogP contribution in [-0.4, -0.2) is 47.4 Å². The number of esters is 1. The minimum Gasteiger partial charge on any atom is -0.466 e. The monoisotopic (exact) mass is 872 g/mol. The van der Waals surface area contributed by atoms with Gasteiger partial charge in [0.25, 0.3) is 0 Å². The summed E-state index contributed by atoms with van der Waals surface area (Å²) >= 11 is 0. The molecule has 0 aromatic heterocycles. The molecular weight excluding hydrogens is 767 g/mol. The Balaban J connectivity index is 3.54. The van der Waals surface area contributed by atoms with E-state index in [4.69, 9.17) is 4.74 Å². The van der Waals surface area contributed by atoms with E-state index in [0.29, 0.717) is 25.9 Å². The highest BCUT2D eigenvalue weighted by Gasteiger charge is 2.20. The highest BCUT2D eigenvalue weighted by atomic mass is 16.5. The van der Waals surface area contributed by atoms with E-state index < -0.39 is 12.1 Å². The third-order valence-corrected chi connectivity index (χ3v) is 12.4. The minimum atomic E-state index is -0.697. The molecule has 0 saturated heterocycles. The van der Waals surface area contributed by atoms with Gasteiger partial charge in [0.2, 0.25) is 5.91 Å². The molecule has 0 aliphatic rings. The van der Waals surface area contributed by atoms with Gasteiger partial charge in [0.05, 0.1) is 25.4 Å². The van der Waals surface area contributed by atoms with E-state index in [1.54, 1.807) is 0 Å². The molecule has 2 atom stereocenters. The molecule has 6 nitrogen and oxygen atoms in total. The molecule has 0 spiro atoms. The lowest BCUT2D eigenvalue weighted by Gasteiger charge is -2.22. The van der Waals surface area contributed by atoms with E-state index in [0.717, 1.165) is 77.0 Å². The van der Waals surface area contributed by atoms with Crippen molar-refractivity contribution < 1.29 is 24.5 Å². The molecule has 0 bridgehead atoms. The first-order valence-electron chi connectivity index (χ1n) is 27.2. The Morgan fingerprint density at radius 2 is 0.823 bits per heavy atom. The average Bonchev–Trinajstić information content (AvgIpc) is 3.27. The second kappa shape index (κ2) is 51.7. The number of carbonyl (C=O) groups excluding carboxylic acids is 2. The summed E-state index contributed by atoms with van der Waals surface area (Å²) in [5.74, 6) is -0.138. The second-order valence-electron chi connectivity index (χ2n) is 18.6. The van der Waals surface area contributed by atoms with Crippen LogP contribution >= 0.6 is 0 Å². The van der Waals surface area contributed by atoms with Gasteiger partial charge in [-0.25, -0.2) is 0 Å². The smallest absolute Gasteiger partial charge is 0.305 e. The fourth-order valence-corrected chi connectivity index (χ4v) is 8.20. The van der Waals surface area contributed by atoms with Crippen LogP contribution in [0.1, 0.15) is 284 Å². The fourth-order valence-electron chi connectivity index (χ4n) is 8.20. The lowest BCUT2D eigenvalue weighted by molar-refractivity contribution is -0.143. The van der Waals surface area contributed by atoms with Crippen molar-refractivity contribution in [3.63, 3.8) is 0 Å². The first-order valence-corrected chi connectivity index (χ1v) is 27.2. The summed E-state index contributed by atoms with van der Waals surface area (Å²) in [4.78, 5) is 24.5. The zero-order chi connectivity index (χ0) is 45.1. The van der Waals surface area contributed by atoms with Crippen molar-refractivity contribution in [1.29, 1.82) is 0 Å². The van der Waals surface area contributed by atoms with E-state index in [2.05, 4.69) is 55.6 Å². The minimum absolute atomic E-state index is 0.0429. The summed E-state index contributed by atoms with van der Waals surface area (Å²) in [6.07, 6.45) is 62.7. The molecule has 0 rings (SSSR count). The Labute approximate surface area is 385 Å². The van der Waals surface area contributed by atoms with Crippen molar-refractivity contribution in [3.05, 3.63) is 36.5 Å². The van der Waals surface area contributed by atoms with Crippen LogP contribution in [0.25, 0.3) is 0 Å². The van der Waals surface area contributed by atoms with E-state index >= 15 is 0 Å². The maximum Gasteiger partial charge on any atom is 0.305 e. The van der Waals surface area contributed by atoms with Crippen LogP contribution in [-0.2, 0) is 14.3 Å². The van der Waals surface area contributed by atoms with Crippen molar-refractivity contribution in [3.8, 4) is 0 Å². The number of unbranched alkanes of at least 4 members (excludes halogenated alkanes) is 33. The van der Waals surface area contributed by atoms with Gasteiger partial charge in [0, 0.05) is 12.8 Å². The number of amides is 1. The molecule has 2 unspecified atom stereocenters. The summed E-state index contributed by atoms with van der Waals surface area (Å²) in [6, 6.07) is -0.581. The lowest BCUT2D eigenvalue weighted by Crippen LogP contribution is -2.45. The molecule has 6 heteroatoms. The maximum atomic E-state index is 12.4. The van der Waals surface area contributed by atoms with Gasteiger partial charge in [0.1, 0.15) is 0 Å². The molecule has 0 heterocycles. The summed E-state index contributed by atoms with van der Waals surface area (Å²) < 4.78 is 5.45. The van der Waals surface area contributed by atoms with Gasteiger partial charge in [-0.05, 0) is 77.0 Å². The van der Waals surface area contributed by atoms with E-state index in [-0.39, 0.29) is 18.5 Å². The third kappa shape index (κ3) is 47.6. The van der Waals surface area contributed by atoms with Crippen molar-refractivity contribution >= 4 is 11.9 Å². The number of carbonyl (C=O) groups is 2. The van der Waals surface area contributed by atoms with Gasteiger partial charge in [-0.1, -0.05) is 230 Å². The summed E-state index contributed by atoms with van der Waals surface area (Å²) in [5, 5.41) is 23.2.